The first-order valence-electron chi connectivity index (χ1n) is 16.9. The van der Waals surface area contributed by atoms with Gasteiger partial charge in [0, 0.05) is 22.4 Å². The van der Waals surface area contributed by atoms with E-state index in [1.165, 1.54) is 40.5 Å². The fraction of sp³-hybridized carbons (Fsp3) is 0.0882. The maximum atomic E-state index is 13.9. The molecule has 0 aliphatic rings. The number of carbonyl (C=O) groups excluding carboxylic acids is 3. The minimum absolute atomic E-state index is 0.00221. The van der Waals surface area contributed by atoms with Gasteiger partial charge in [-0.2, -0.15) is 43.7 Å². The number of rotatable bonds is 16. The predicted molar refractivity (Wildman–Crippen MR) is 211 cm³/mol. The molecule has 3 amide bonds. The molecular weight excluding hydrogens is 946 g/mol. The van der Waals surface area contributed by atoms with E-state index in [0.717, 1.165) is 78.9 Å². The highest BCUT2D eigenvalue weighted by molar-refractivity contribution is 7.93. The standard InChI is InChI=1S/C34H26F9N9O9S3/c35-32(36,37)29(53)47-44-19-1-7-22(8-2-19)50-62(56)61-25-13-14-27-18(15-25)16-26(63(57,58)51-23-9-3-20(4-10-23)45-48-30(54)33(38,39)40)17-28(27)64(59,60)52-24-11-5-21(6-12-24)46-49-31(55)34(41,42)43/h1-17,44-46,50-52H,(H,47,53)(H,48,54)(H,49,55). The van der Waals surface area contributed by atoms with E-state index in [0.29, 0.717) is 0 Å². The number of anilines is 6. The van der Waals surface area contributed by atoms with Crippen LogP contribution in [0.5, 0.6) is 5.75 Å². The SMILES string of the molecule is O=C(NNc1ccc(NS(=O)Oc2ccc3c(S(=O)(=O)Nc4ccc(NNC(=O)C(F)(F)F)cc4)cc(S(=O)(=O)Nc4ccc(NNC(=O)C(F)(F)F)cc4)cc3c2)cc1)C(F)(F)F. The van der Waals surface area contributed by atoms with Gasteiger partial charge in [-0.25, -0.2) is 16.8 Å². The van der Waals surface area contributed by atoms with Crippen LogP contribution in [0.2, 0.25) is 0 Å². The van der Waals surface area contributed by atoms with Gasteiger partial charge in [-0.15, -0.1) is 0 Å². The Labute approximate surface area is 356 Å². The second-order valence-corrected chi connectivity index (χ2v) is 16.6. The van der Waals surface area contributed by atoms with Crippen molar-refractivity contribution in [3.05, 3.63) is 103 Å². The summed E-state index contributed by atoms with van der Waals surface area (Å²) in [5, 5.41) is -0.281. The molecule has 9 N–H and O–H groups in total. The van der Waals surface area contributed by atoms with Crippen LogP contribution >= 0.6 is 0 Å². The summed E-state index contributed by atoms with van der Waals surface area (Å²) in [6.07, 6.45) is -15.6. The topological polar surface area (TPSA) is 254 Å². The van der Waals surface area contributed by atoms with E-state index < -0.39 is 77.4 Å². The summed E-state index contributed by atoms with van der Waals surface area (Å²) in [6, 6.07) is 18.7. The molecule has 5 rings (SSSR count). The summed E-state index contributed by atoms with van der Waals surface area (Å²) in [5.41, 5.74) is 9.74. The normalized spacial score (nSPS) is 12.6. The molecule has 5 aromatic rings. The molecule has 0 saturated carbocycles. The van der Waals surface area contributed by atoms with Crippen molar-refractivity contribution in [2.24, 2.45) is 0 Å². The minimum atomic E-state index is -5.21. The zero-order valence-electron chi connectivity index (χ0n) is 31.1. The Kier molecular flexibility index (Phi) is 13.9. The van der Waals surface area contributed by atoms with Crippen molar-refractivity contribution in [1.29, 1.82) is 0 Å². The molecular formula is C34H26F9N9O9S3. The van der Waals surface area contributed by atoms with Gasteiger partial charge in [0.25, 0.3) is 20.0 Å². The number of hydrazine groups is 3. The lowest BCUT2D eigenvalue weighted by molar-refractivity contribution is -0.173. The predicted octanol–water partition coefficient (Wildman–Crippen LogP) is 5.53. The van der Waals surface area contributed by atoms with Crippen LogP contribution in [0.1, 0.15) is 0 Å². The number of hydrogen-bond acceptors (Lipinski definition) is 12. The van der Waals surface area contributed by atoms with Crippen molar-refractivity contribution >= 4 is 93.9 Å². The van der Waals surface area contributed by atoms with E-state index in [2.05, 4.69) is 14.2 Å². The van der Waals surface area contributed by atoms with E-state index in [1.807, 2.05) is 16.3 Å². The van der Waals surface area contributed by atoms with Gasteiger partial charge in [-0.3, -0.25) is 61.1 Å². The molecule has 1 atom stereocenters. The third-order valence-corrected chi connectivity index (χ3v) is 11.3. The zero-order valence-corrected chi connectivity index (χ0v) is 33.6. The van der Waals surface area contributed by atoms with Gasteiger partial charge in [0.1, 0.15) is 5.75 Å². The molecule has 0 aromatic heterocycles. The molecule has 64 heavy (non-hydrogen) atoms. The van der Waals surface area contributed by atoms with Crippen LogP contribution < -0.4 is 50.9 Å². The number of alkyl halides is 9. The first-order valence-corrected chi connectivity index (χ1v) is 20.9. The molecule has 0 aliphatic heterocycles. The lowest BCUT2D eigenvalue weighted by atomic mass is 10.1. The number of amides is 3. The third-order valence-electron chi connectivity index (χ3n) is 7.73. The van der Waals surface area contributed by atoms with Crippen molar-refractivity contribution in [2.75, 3.05) is 30.4 Å². The van der Waals surface area contributed by atoms with Gasteiger partial charge in [-0.1, -0.05) is 0 Å². The monoisotopic (exact) mass is 971 g/mol. The Morgan fingerprint density at radius 3 is 1.27 bits per heavy atom. The maximum absolute atomic E-state index is 13.9. The van der Waals surface area contributed by atoms with Gasteiger partial charge < -0.3 is 4.18 Å². The second-order valence-electron chi connectivity index (χ2n) is 12.4. The van der Waals surface area contributed by atoms with Gasteiger partial charge in [-0.05, 0) is 109 Å². The molecule has 342 valence electrons. The van der Waals surface area contributed by atoms with E-state index in [-0.39, 0.29) is 50.6 Å². The summed E-state index contributed by atoms with van der Waals surface area (Å²) in [6.45, 7) is 0. The fourth-order valence-electron chi connectivity index (χ4n) is 4.81. The van der Waals surface area contributed by atoms with Crippen LogP contribution in [0.3, 0.4) is 0 Å². The van der Waals surface area contributed by atoms with Crippen LogP contribution in [0.4, 0.5) is 73.6 Å². The highest BCUT2D eigenvalue weighted by Crippen LogP contribution is 2.33. The Morgan fingerprint density at radius 2 is 0.859 bits per heavy atom. The van der Waals surface area contributed by atoms with Gasteiger partial charge in [0.2, 0.25) is 0 Å². The van der Waals surface area contributed by atoms with Crippen molar-refractivity contribution in [3.63, 3.8) is 0 Å². The molecule has 18 nitrogen and oxygen atoms in total. The molecule has 5 aromatic carbocycles. The smallest absolute Gasteiger partial charge is 0.385 e. The second kappa shape index (κ2) is 18.6. The number of benzene rings is 5. The average molecular weight is 972 g/mol. The lowest BCUT2D eigenvalue weighted by Crippen LogP contribution is -2.40. The van der Waals surface area contributed by atoms with Crippen LogP contribution in [0, 0.1) is 0 Å². The highest BCUT2D eigenvalue weighted by Gasteiger charge is 2.40. The Morgan fingerprint density at radius 1 is 0.484 bits per heavy atom. The molecule has 0 radical (unpaired) electrons. The fourth-order valence-corrected chi connectivity index (χ4v) is 7.97. The molecule has 30 heteroatoms. The van der Waals surface area contributed by atoms with Crippen molar-refractivity contribution in [3.8, 4) is 5.75 Å². The summed E-state index contributed by atoms with van der Waals surface area (Å²) < 4.78 is 193. The molecule has 0 aliphatic carbocycles. The summed E-state index contributed by atoms with van der Waals surface area (Å²) in [7, 11) is -9.53. The number of carbonyl (C=O) groups is 3. The van der Waals surface area contributed by atoms with Crippen molar-refractivity contribution < 1.29 is 79.1 Å². The largest absolute Gasteiger partial charge is 0.472 e. The average Bonchev–Trinajstić information content (AvgIpc) is 3.20. The molecule has 0 saturated heterocycles. The van der Waals surface area contributed by atoms with Crippen LogP contribution in [0.25, 0.3) is 10.8 Å². The molecule has 0 heterocycles. The van der Waals surface area contributed by atoms with Crippen LogP contribution in [-0.2, 0) is 45.7 Å². The van der Waals surface area contributed by atoms with E-state index in [1.54, 1.807) is 0 Å². The van der Waals surface area contributed by atoms with Gasteiger partial charge in [0.05, 0.1) is 26.9 Å². The number of sulfonamides is 2. The molecule has 1 unspecified atom stereocenters. The number of hydrogen-bond donors (Lipinski definition) is 9. The first kappa shape index (κ1) is 47.8. The molecule has 0 bridgehead atoms. The Bertz CT molecular complexity index is 2800. The van der Waals surface area contributed by atoms with E-state index >= 15 is 0 Å². The van der Waals surface area contributed by atoms with Crippen molar-refractivity contribution in [1.82, 2.24) is 16.3 Å². The molecule has 0 spiro atoms. The minimum Gasteiger partial charge on any atom is -0.385 e. The Hall–Kier alpha value is -7.21. The first-order chi connectivity index (χ1) is 29.7. The zero-order chi connectivity index (χ0) is 47.3. The van der Waals surface area contributed by atoms with Crippen LogP contribution in [-0.4, -0.2) is 57.3 Å². The number of halogens is 9. The van der Waals surface area contributed by atoms with Gasteiger partial charge in [0.15, 0.2) is 0 Å². The third kappa shape index (κ3) is 12.9. The van der Waals surface area contributed by atoms with Crippen LogP contribution in [0.15, 0.2) is 113 Å². The maximum Gasteiger partial charge on any atom is 0.472 e. The number of nitrogens with one attached hydrogen (secondary N) is 9. The Balaban J connectivity index is 1.41. The summed E-state index contributed by atoms with van der Waals surface area (Å²) in [5.74, 6) is -7.14. The lowest BCUT2D eigenvalue weighted by Gasteiger charge is -2.16. The van der Waals surface area contributed by atoms with E-state index in [4.69, 9.17) is 4.18 Å². The van der Waals surface area contributed by atoms with E-state index in [9.17, 15) is 74.9 Å². The summed E-state index contributed by atoms with van der Waals surface area (Å²) >= 11 is -2.43. The quantitative estimate of drug-likeness (QED) is 0.0438. The summed E-state index contributed by atoms with van der Waals surface area (Å²) in [4.78, 5) is 31.9. The highest BCUT2D eigenvalue weighted by atomic mass is 32.2. The van der Waals surface area contributed by atoms with Crippen molar-refractivity contribution in [2.45, 2.75) is 28.3 Å². The number of fused-ring (bicyclic) bond motifs is 1. The molecule has 0 fully saturated rings. The van der Waals surface area contributed by atoms with Gasteiger partial charge >= 0.3 is 47.5 Å².